The highest BCUT2D eigenvalue weighted by Gasteiger charge is 2.38. The second-order valence-electron chi connectivity index (χ2n) is 9.18. The van der Waals surface area contributed by atoms with Crippen LogP contribution in [0.1, 0.15) is 68.0 Å². The van der Waals surface area contributed by atoms with Crippen molar-refractivity contribution in [1.29, 1.82) is 0 Å². The molecule has 1 aromatic heterocycles. The fraction of sp³-hybridized carbons (Fsp3) is 0.577. The molecule has 8 heteroatoms. The molecule has 1 saturated heterocycles. The van der Waals surface area contributed by atoms with Crippen molar-refractivity contribution in [1.82, 2.24) is 15.1 Å². The van der Waals surface area contributed by atoms with Crippen LogP contribution in [-0.2, 0) is 19.0 Å². The van der Waals surface area contributed by atoms with Gasteiger partial charge in [0.05, 0.1) is 32.3 Å². The van der Waals surface area contributed by atoms with Crippen LogP contribution in [0.3, 0.4) is 0 Å². The van der Waals surface area contributed by atoms with Gasteiger partial charge in [-0.15, -0.1) is 0 Å². The molecule has 184 valence electrons. The van der Waals surface area contributed by atoms with Gasteiger partial charge in [-0.1, -0.05) is 30.3 Å². The third kappa shape index (κ3) is 6.17. The van der Waals surface area contributed by atoms with E-state index in [2.05, 4.69) is 45.3 Å². The maximum absolute atomic E-state index is 12.9. The first-order valence-corrected chi connectivity index (χ1v) is 12.3. The van der Waals surface area contributed by atoms with Crippen molar-refractivity contribution in [3.8, 4) is 0 Å². The summed E-state index contributed by atoms with van der Waals surface area (Å²) in [6, 6.07) is 12.5. The normalized spacial score (nSPS) is 25.0. The second kappa shape index (κ2) is 12.0. The van der Waals surface area contributed by atoms with E-state index in [9.17, 15) is 9.59 Å². The maximum atomic E-state index is 12.9. The summed E-state index contributed by atoms with van der Waals surface area (Å²) in [5.74, 6) is 0.299. The highest BCUT2D eigenvalue weighted by molar-refractivity contribution is 5.71. The number of nitrogens with zero attached hydrogens (tertiary/aromatic N) is 2. The summed E-state index contributed by atoms with van der Waals surface area (Å²) in [5.41, 5.74) is 2.42. The van der Waals surface area contributed by atoms with Crippen LogP contribution >= 0.6 is 0 Å². The van der Waals surface area contributed by atoms with Crippen LogP contribution in [0.5, 0.6) is 0 Å². The van der Waals surface area contributed by atoms with E-state index in [-0.39, 0.29) is 31.1 Å². The molecule has 2 aromatic rings. The molecular weight excluding hydrogens is 434 g/mol. The molecule has 1 amide bonds. The Balaban J connectivity index is 1.36. The number of ether oxygens (including phenoxy) is 3. The lowest BCUT2D eigenvalue weighted by Gasteiger charge is -2.41. The number of aromatic nitrogens is 2. The van der Waals surface area contributed by atoms with Crippen molar-refractivity contribution >= 4 is 12.1 Å². The summed E-state index contributed by atoms with van der Waals surface area (Å²) < 4.78 is 16.5. The SMILES string of the molecule is COC(=O)CCOC(=O)N1CCC[C@H](c2ccn[nH]2)[C@@H]1COC1CCC(c2ccccc2)CC1. The number of H-pyrrole nitrogens is 1. The van der Waals surface area contributed by atoms with Gasteiger partial charge in [-0.25, -0.2) is 4.79 Å². The Bertz CT molecular complexity index is 896. The Hall–Kier alpha value is -2.87. The minimum Gasteiger partial charge on any atom is -0.469 e. The molecule has 1 aliphatic heterocycles. The minimum absolute atomic E-state index is 0.00775. The fourth-order valence-corrected chi connectivity index (χ4v) is 5.26. The number of methoxy groups -OCH3 is 1. The van der Waals surface area contributed by atoms with Gasteiger partial charge in [-0.2, -0.15) is 5.10 Å². The number of likely N-dealkylation sites (tertiary alicyclic amines) is 1. The summed E-state index contributed by atoms with van der Waals surface area (Å²) in [5, 5.41) is 7.19. The van der Waals surface area contributed by atoms with E-state index >= 15 is 0 Å². The third-order valence-electron chi connectivity index (χ3n) is 7.14. The molecule has 2 aliphatic rings. The van der Waals surface area contributed by atoms with Crippen LogP contribution in [0, 0.1) is 0 Å². The molecule has 1 aliphatic carbocycles. The molecule has 2 heterocycles. The number of rotatable bonds is 8. The molecule has 8 nitrogen and oxygen atoms in total. The predicted molar refractivity (Wildman–Crippen MR) is 126 cm³/mol. The van der Waals surface area contributed by atoms with Crippen LogP contribution in [0.2, 0.25) is 0 Å². The molecule has 0 radical (unpaired) electrons. The van der Waals surface area contributed by atoms with E-state index in [1.807, 2.05) is 6.07 Å². The predicted octanol–water partition coefficient (Wildman–Crippen LogP) is 4.40. The van der Waals surface area contributed by atoms with Gasteiger partial charge >= 0.3 is 12.1 Å². The largest absolute Gasteiger partial charge is 0.469 e. The van der Waals surface area contributed by atoms with Crippen LogP contribution in [0.25, 0.3) is 0 Å². The average molecular weight is 470 g/mol. The Morgan fingerprint density at radius 2 is 1.88 bits per heavy atom. The molecule has 1 aromatic carbocycles. The number of carbonyl (C=O) groups is 2. The molecule has 0 spiro atoms. The molecule has 2 atom stereocenters. The van der Waals surface area contributed by atoms with Gasteiger partial charge < -0.3 is 19.1 Å². The van der Waals surface area contributed by atoms with Gasteiger partial charge in [-0.05, 0) is 56.1 Å². The molecule has 34 heavy (non-hydrogen) atoms. The first kappa shape index (κ1) is 24.3. The van der Waals surface area contributed by atoms with Crippen molar-refractivity contribution < 1.29 is 23.8 Å². The Labute approximate surface area is 201 Å². The Morgan fingerprint density at radius 3 is 2.59 bits per heavy atom. The monoisotopic (exact) mass is 469 g/mol. The van der Waals surface area contributed by atoms with Crippen molar-refractivity contribution in [3.05, 3.63) is 53.9 Å². The van der Waals surface area contributed by atoms with Gasteiger partial charge in [-0.3, -0.25) is 9.89 Å². The van der Waals surface area contributed by atoms with E-state index in [1.165, 1.54) is 12.7 Å². The number of esters is 1. The van der Waals surface area contributed by atoms with E-state index in [1.54, 1.807) is 11.1 Å². The maximum Gasteiger partial charge on any atom is 0.410 e. The lowest BCUT2D eigenvalue weighted by molar-refractivity contribution is -0.141. The van der Waals surface area contributed by atoms with Crippen LogP contribution in [0.15, 0.2) is 42.6 Å². The first-order valence-electron chi connectivity index (χ1n) is 12.3. The average Bonchev–Trinajstić information content (AvgIpc) is 3.43. The lowest BCUT2D eigenvalue weighted by Crippen LogP contribution is -2.50. The fourth-order valence-electron chi connectivity index (χ4n) is 5.26. The van der Waals surface area contributed by atoms with Crippen molar-refractivity contribution in [2.75, 3.05) is 26.9 Å². The summed E-state index contributed by atoms with van der Waals surface area (Å²) in [6.07, 6.45) is 7.66. The zero-order valence-corrected chi connectivity index (χ0v) is 19.9. The second-order valence-corrected chi connectivity index (χ2v) is 9.18. The summed E-state index contributed by atoms with van der Waals surface area (Å²) in [6.45, 7) is 1.07. The Morgan fingerprint density at radius 1 is 1.09 bits per heavy atom. The van der Waals surface area contributed by atoms with Gasteiger partial charge in [0, 0.05) is 24.4 Å². The number of aromatic amines is 1. The number of benzene rings is 1. The van der Waals surface area contributed by atoms with E-state index in [0.29, 0.717) is 19.1 Å². The van der Waals surface area contributed by atoms with Crippen molar-refractivity contribution in [2.24, 2.45) is 0 Å². The molecule has 0 unspecified atom stereocenters. The van der Waals surface area contributed by atoms with Crippen molar-refractivity contribution in [3.63, 3.8) is 0 Å². The molecule has 2 fully saturated rings. The standard InChI is InChI=1S/C26H35N3O5/c1-32-25(30)14-17-33-26(31)29-16-5-8-22(23-13-15-27-28-23)24(29)18-34-21-11-9-20(10-12-21)19-6-3-2-4-7-19/h2-4,6-7,13,15,20-22,24H,5,8-12,14,16-18H2,1H3,(H,27,28)/t20?,21?,22-,24+/m1/s1. The van der Waals surface area contributed by atoms with Gasteiger partial charge in [0.15, 0.2) is 0 Å². The summed E-state index contributed by atoms with van der Waals surface area (Å²) >= 11 is 0. The zero-order valence-electron chi connectivity index (χ0n) is 19.9. The van der Waals surface area contributed by atoms with Crippen LogP contribution in [0.4, 0.5) is 4.79 Å². The first-order chi connectivity index (χ1) is 16.7. The van der Waals surface area contributed by atoms with E-state index < -0.39 is 12.1 Å². The van der Waals surface area contributed by atoms with Gasteiger partial charge in [0.2, 0.25) is 0 Å². The molecular formula is C26H35N3O5. The summed E-state index contributed by atoms with van der Waals surface area (Å²) in [4.78, 5) is 26.1. The lowest BCUT2D eigenvalue weighted by atomic mass is 9.82. The zero-order chi connectivity index (χ0) is 23.8. The van der Waals surface area contributed by atoms with Gasteiger partial charge in [0.1, 0.15) is 6.61 Å². The minimum atomic E-state index is -0.408. The van der Waals surface area contributed by atoms with E-state index in [0.717, 1.165) is 44.2 Å². The van der Waals surface area contributed by atoms with Gasteiger partial charge in [0.25, 0.3) is 0 Å². The molecule has 4 rings (SSSR count). The number of hydrogen-bond acceptors (Lipinski definition) is 6. The molecule has 1 saturated carbocycles. The number of nitrogens with one attached hydrogen (secondary N) is 1. The topological polar surface area (TPSA) is 93.8 Å². The van der Waals surface area contributed by atoms with Crippen LogP contribution in [-0.4, -0.2) is 66.2 Å². The van der Waals surface area contributed by atoms with Crippen molar-refractivity contribution in [2.45, 2.75) is 68.9 Å². The molecule has 0 bridgehead atoms. The number of carbonyl (C=O) groups excluding carboxylic acids is 2. The highest BCUT2D eigenvalue weighted by atomic mass is 16.6. The number of hydrogen-bond donors (Lipinski definition) is 1. The van der Waals surface area contributed by atoms with E-state index in [4.69, 9.17) is 9.47 Å². The Kier molecular flexibility index (Phi) is 8.57. The third-order valence-corrected chi connectivity index (χ3v) is 7.14. The molecule has 1 N–H and O–H groups in total. The van der Waals surface area contributed by atoms with Crippen LogP contribution < -0.4 is 0 Å². The quantitative estimate of drug-likeness (QED) is 0.576. The smallest absolute Gasteiger partial charge is 0.410 e. The number of amides is 1. The number of piperidine rings is 1. The summed E-state index contributed by atoms with van der Waals surface area (Å²) in [7, 11) is 1.32. The highest BCUT2D eigenvalue weighted by Crippen LogP contribution is 2.36.